The molecule has 13 aromatic rings. The van der Waals surface area contributed by atoms with Crippen molar-refractivity contribution in [2.75, 3.05) is 0 Å². The van der Waals surface area contributed by atoms with Crippen LogP contribution in [0.3, 0.4) is 0 Å². The number of hydrogen-bond acceptors (Lipinski definition) is 18. The molecule has 3 amide bonds. The molecule has 13 rings (SSSR count). The lowest BCUT2D eigenvalue weighted by atomic mass is 10.2. The second kappa shape index (κ2) is 30.0. The number of thiophene rings is 3. The van der Waals surface area contributed by atoms with E-state index in [-0.39, 0.29) is 72.1 Å². The topological polar surface area (TPSA) is 288 Å². The Bertz CT molecular complexity index is 4850. The van der Waals surface area contributed by atoms with Crippen molar-refractivity contribution in [3.8, 4) is 45.6 Å². The predicted octanol–water partition coefficient (Wildman–Crippen LogP) is 10.0. The van der Waals surface area contributed by atoms with Crippen LogP contribution in [-0.4, -0.2) is 86.5 Å². The summed E-state index contributed by atoms with van der Waals surface area (Å²) >= 11 is 21.1. The third-order valence-corrected chi connectivity index (χ3v) is 17.0. The highest BCUT2D eigenvalue weighted by Gasteiger charge is 2.18. The van der Waals surface area contributed by atoms with Crippen molar-refractivity contribution in [3.05, 3.63) is 294 Å². The maximum absolute atomic E-state index is 14.6. The van der Waals surface area contributed by atoms with Crippen molar-refractivity contribution in [2.24, 2.45) is 0 Å². The molecule has 472 valence electrons. The maximum atomic E-state index is 14.6. The van der Waals surface area contributed by atoms with Crippen LogP contribution < -0.4 is 37.4 Å². The van der Waals surface area contributed by atoms with E-state index in [0.29, 0.717) is 78.9 Å². The lowest BCUT2D eigenvalue weighted by Gasteiger charge is -2.14. The van der Waals surface area contributed by atoms with Crippen LogP contribution in [0.4, 0.5) is 4.39 Å². The standard InChI is InChI=1S/C25H19ClN6O3S.C19H13ClFN5O2S.C19H14ClN5O3S/c26-23-9-8-22(36-23)25(34)28-14-18-15-32(30-29-18)20-7-6-19(31-11-2-1-5-24(31)33)12-21(20)35-16-17-4-3-10-27-13-17;20-17-7-6-16(29-17)19(28)22-10-12-11-26(24-23-12)15-5-4-13(9-14(15)21)25-8-2-1-3-18(25)27;20-17-7-6-16(29-17)19(28)21-10-12-11-25(23-22-12)14-5-4-13(9-15(14)26)24-8-2-1-3-18(24)27/h1-13,15H,14,16H2,(H,28,34);1-9,11H,10H2,(H,22,28);1-9,11,26H,10H2,(H,21,28). The highest BCUT2D eigenvalue weighted by atomic mass is 35.5. The Labute approximate surface area is 557 Å². The first-order chi connectivity index (χ1) is 45.6. The first kappa shape index (κ1) is 64.5. The number of phenolic OH excluding ortho intramolecular Hbond substituents is 1. The zero-order valence-corrected chi connectivity index (χ0v) is 53.0. The number of phenols is 1. The SMILES string of the molecule is O=C(NCc1cn(-c2ccc(-n3ccccc3=O)cc2F)nn1)c1ccc(Cl)s1.O=C(NCc1cn(-c2ccc(-n3ccccc3=O)cc2O)nn1)c1ccc(Cl)s1.O=C(NCc1cn(-c2ccc(-n3ccccc3=O)cc2OCc2cccnc2)nn1)c1ccc(Cl)s1. The third-order valence-electron chi connectivity index (χ3n) is 13.3. The number of carbonyl (C=O) groups excluding carboxylic acids is 3. The smallest absolute Gasteiger partial charge is 0.261 e. The van der Waals surface area contributed by atoms with Crippen molar-refractivity contribution in [1.82, 2.24) is 79.6 Å². The van der Waals surface area contributed by atoms with Crippen LogP contribution in [0.5, 0.6) is 11.5 Å². The van der Waals surface area contributed by atoms with Gasteiger partial charge in [-0.15, -0.1) is 49.3 Å². The number of benzene rings is 3. The number of aromatic nitrogens is 13. The van der Waals surface area contributed by atoms with Gasteiger partial charge in [-0.25, -0.2) is 18.4 Å². The number of ether oxygens (including phenoxy) is 1. The summed E-state index contributed by atoms with van der Waals surface area (Å²) in [6, 6.07) is 42.7. The number of carbonyl (C=O) groups is 3. The number of aromatic hydroxyl groups is 1. The summed E-state index contributed by atoms with van der Waals surface area (Å²) in [4.78, 5) is 78.3. The molecule has 4 N–H and O–H groups in total. The van der Waals surface area contributed by atoms with Crippen LogP contribution in [0.15, 0.2) is 222 Å². The first-order valence-corrected chi connectivity index (χ1v) is 31.4. The fourth-order valence-electron chi connectivity index (χ4n) is 8.79. The number of pyridine rings is 4. The molecule has 0 saturated carbocycles. The van der Waals surface area contributed by atoms with Crippen LogP contribution >= 0.6 is 68.8 Å². The van der Waals surface area contributed by atoms with Gasteiger partial charge in [0.15, 0.2) is 5.82 Å². The van der Waals surface area contributed by atoms with Gasteiger partial charge in [-0.3, -0.25) is 47.5 Å². The largest absolute Gasteiger partial charge is 0.506 e. The monoisotopic (exact) mass is 1370 g/mol. The van der Waals surface area contributed by atoms with E-state index in [9.17, 15) is 38.3 Å². The Hall–Kier alpha value is -11.0. The van der Waals surface area contributed by atoms with Crippen LogP contribution in [0.2, 0.25) is 13.0 Å². The van der Waals surface area contributed by atoms with E-state index in [0.717, 1.165) is 5.56 Å². The van der Waals surface area contributed by atoms with E-state index in [2.05, 4.69) is 51.9 Å². The zero-order valence-electron chi connectivity index (χ0n) is 48.3. The summed E-state index contributed by atoms with van der Waals surface area (Å²) in [5, 5.41) is 42.9. The molecule has 0 bridgehead atoms. The van der Waals surface area contributed by atoms with Crippen molar-refractivity contribution < 1.29 is 28.6 Å². The number of halogens is 4. The van der Waals surface area contributed by atoms with Gasteiger partial charge in [0.2, 0.25) is 0 Å². The molecule has 0 unspecified atom stereocenters. The van der Waals surface area contributed by atoms with Crippen molar-refractivity contribution >= 4 is 86.5 Å². The number of nitrogens with zero attached hydrogens (tertiary/aromatic N) is 13. The molecule has 3 aromatic carbocycles. The van der Waals surface area contributed by atoms with E-state index in [1.807, 2.05) is 12.1 Å². The summed E-state index contributed by atoms with van der Waals surface area (Å²) in [7, 11) is 0. The number of amides is 3. The van der Waals surface area contributed by atoms with Gasteiger partial charge in [0.05, 0.1) is 82.9 Å². The Kier molecular flexibility index (Phi) is 20.6. The van der Waals surface area contributed by atoms with Gasteiger partial charge in [0.1, 0.15) is 52.2 Å². The summed E-state index contributed by atoms with van der Waals surface area (Å²) in [6.45, 7) is 0.771. The highest BCUT2D eigenvalue weighted by molar-refractivity contribution is 7.18. The van der Waals surface area contributed by atoms with Gasteiger partial charge in [-0.1, -0.05) is 74.7 Å². The number of rotatable bonds is 18. The molecule has 0 aliphatic carbocycles. The van der Waals surface area contributed by atoms with Crippen LogP contribution in [0, 0.1) is 5.82 Å². The van der Waals surface area contributed by atoms with Gasteiger partial charge >= 0.3 is 0 Å². The Morgan fingerprint density at radius 3 is 1.31 bits per heavy atom. The van der Waals surface area contributed by atoms with Crippen molar-refractivity contribution in [2.45, 2.75) is 26.2 Å². The highest BCUT2D eigenvalue weighted by Crippen LogP contribution is 2.29. The van der Waals surface area contributed by atoms with E-state index in [1.54, 1.807) is 157 Å². The fourth-order valence-corrected chi connectivity index (χ4v) is 11.7. The normalized spacial score (nSPS) is 10.8. The second-order valence-corrected chi connectivity index (χ2v) is 24.8. The zero-order chi connectivity index (χ0) is 65.7. The van der Waals surface area contributed by atoms with Gasteiger partial charge < -0.3 is 25.8 Å². The Morgan fingerprint density at radius 2 is 0.904 bits per heavy atom. The van der Waals surface area contributed by atoms with E-state index in [4.69, 9.17) is 39.5 Å². The lowest BCUT2D eigenvalue weighted by molar-refractivity contribution is 0.0946. The molecule has 0 aliphatic rings. The summed E-state index contributed by atoms with van der Waals surface area (Å²) in [6.07, 6.45) is 13.1. The van der Waals surface area contributed by atoms with Crippen LogP contribution in [0.1, 0.15) is 51.7 Å². The molecule has 24 nitrogen and oxygen atoms in total. The van der Waals surface area contributed by atoms with E-state index >= 15 is 0 Å². The van der Waals surface area contributed by atoms with E-state index in [1.165, 1.54) is 99.7 Å². The average molecular weight is 1380 g/mol. The summed E-state index contributed by atoms with van der Waals surface area (Å²) in [5.74, 6) is -0.892. The summed E-state index contributed by atoms with van der Waals surface area (Å²) < 4.78 is 30.9. The molecule has 0 saturated heterocycles. The first-order valence-electron chi connectivity index (χ1n) is 27.8. The van der Waals surface area contributed by atoms with Crippen molar-refractivity contribution in [3.63, 3.8) is 0 Å². The molecule has 0 spiro atoms. The van der Waals surface area contributed by atoms with Gasteiger partial charge in [-0.05, 0) is 97.1 Å². The lowest BCUT2D eigenvalue weighted by Crippen LogP contribution is -2.21. The minimum atomic E-state index is -0.563. The number of hydrogen-bond donors (Lipinski definition) is 4. The quantitative estimate of drug-likeness (QED) is 0.0621. The molecule has 31 heteroatoms. The number of nitrogens with one attached hydrogen (secondary N) is 3. The van der Waals surface area contributed by atoms with Gasteiger partial charge in [0.25, 0.3) is 34.4 Å². The molecule has 0 aliphatic heterocycles. The molecule has 0 atom stereocenters. The minimum Gasteiger partial charge on any atom is -0.506 e. The average Bonchev–Trinajstić information content (AvgIpc) is 1.41. The predicted molar refractivity (Wildman–Crippen MR) is 353 cm³/mol. The summed E-state index contributed by atoms with van der Waals surface area (Å²) in [5.41, 5.74) is 4.58. The molecule has 10 aromatic heterocycles. The van der Waals surface area contributed by atoms with Gasteiger partial charge in [0, 0.05) is 72.9 Å². The minimum absolute atomic E-state index is 0.0630. The molecule has 0 fully saturated rings. The Morgan fingerprint density at radius 1 is 0.489 bits per heavy atom. The molecule has 0 radical (unpaired) electrons. The van der Waals surface area contributed by atoms with E-state index < -0.39 is 5.82 Å². The third kappa shape index (κ3) is 16.2. The fraction of sp³-hybridized carbons (Fsp3) is 0.0635. The van der Waals surface area contributed by atoms with Gasteiger partial charge in [-0.2, -0.15) is 0 Å². The molecular weight excluding hydrogens is 1330 g/mol. The Balaban J connectivity index is 0.000000145. The molecular formula is C63H46Cl3FN16O8S3. The molecule has 94 heavy (non-hydrogen) atoms. The maximum Gasteiger partial charge on any atom is 0.261 e. The van der Waals surface area contributed by atoms with Crippen molar-refractivity contribution in [1.29, 1.82) is 0 Å². The molecule has 10 heterocycles. The van der Waals surface area contributed by atoms with Crippen LogP contribution in [-0.2, 0) is 26.2 Å². The second-order valence-electron chi connectivity index (χ2n) is 19.7. The van der Waals surface area contributed by atoms with Crippen LogP contribution in [0.25, 0.3) is 34.1 Å².